The Morgan fingerprint density at radius 2 is 1.86 bits per heavy atom. The maximum Gasteiger partial charge on any atom is 0.275 e. The molecule has 28 heavy (non-hydrogen) atoms. The zero-order valence-electron chi connectivity index (χ0n) is 16.2. The smallest absolute Gasteiger partial charge is 0.275 e. The molecular formula is C18H26N6O3S. The largest absolute Gasteiger partial charge is 0.378 e. The van der Waals surface area contributed by atoms with Crippen LogP contribution in [0, 0.1) is 0 Å². The van der Waals surface area contributed by atoms with E-state index in [0.717, 1.165) is 43.3 Å². The Kier molecular flexibility index (Phi) is 6.00. The first-order valence-corrected chi connectivity index (χ1v) is 10.6. The highest BCUT2D eigenvalue weighted by molar-refractivity contribution is 7.16. The lowest BCUT2D eigenvalue weighted by Crippen LogP contribution is -2.51. The maximum absolute atomic E-state index is 12.4. The number of piperazine rings is 1. The Balaban J connectivity index is 1.31. The van der Waals surface area contributed by atoms with Crippen molar-refractivity contribution in [1.29, 1.82) is 0 Å². The zero-order valence-corrected chi connectivity index (χ0v) is 17.0. The molecule has 0 saturated carbocycles. The van der Waals surface area contributed by atoms with E-state index in [1.807, 2.05) is 11.8 Å². The van der Waals surface area contributed by atoms with E-state index in [4.69, 9.17) is 4.74 Å². The molecule has 2 aromatic heterocycles. The molecule has 152 valence electrons. The Morgan fingerprint density at radius 1 is 1.14 bits per heavy atom. The fourth-order valence-corrected chi connectivity index (χ4v) is 4.42. The van der Waals surface area contributed by atoms with Gasteiger partial charge in [0.05, 0.1) is 25.5 Å². The lowest BCUT2D eigenvalue weighted by molar-refractivity contribution is -0.136. The van der Waals surface area contributed by atoms with Crippen LogP contribution in [0.4, 0.5) is 0 Å². The Morgan fingerprint density at radius 3 is 2.57 bits per heavy atom. The number of ether oxygens (including phenoxy) is 1. The highest BCUT2D eigenvalue weighted by atomic mass is 32.1. The monoisotopic (exact) mass is 406 g/mol. The standard InChI is InChI=1S/C18H26N6O3S/c1-2-15-20-24-16(25)11-14(19-18(24)28-15)12-21-3-5-22(6-4-21)13-17(26)23-7-9-27-10-8-23/h11H,2-10,12-13H2,1H3. The molecule has 9 nitrogen and oxygen atoms in total. The van der Waals surface area contributed by atoms with Gasteiger partial charge in [0.1, 0.15) is 5.01 Å². The summed E-state index contributed by atoms with van der Waals surface area (Å²) in [6, 6.07) is 1.58. The van der Waals surface area contributed by atoms with Crippen molar-refractivity contribution < 1.29 is 9.53 Å². The molecule has 1 amide bonds. The van der Waals surface area contributed by atoms with Crippen molar-refractivity contribution in [2.45, 2.75) is 19.9 Å². The van der Waals surface area contributed by atoms with Gasteiger partial charge in [-0.15, -0.1) is 0 Å². The van der Waals surface area contributed by atoms with Gasteiger partial charge in [-0.2, -0.15) is 9.61 Å². The number of carbonyl (C=O) groups is 1. The minimum absolute atomic E-state index is 0.120. The summed E-state index contributed by atoms with van der Waals surface area (Å²) in [6.07, 6.45) is 0.800. The molecule has 2 aliphatic rings. The second-order valence-corrected chi connectivity index (χ2v) is 8.22. The SMILES string of the molecule is CCc1nn2c(=O)cc(CN3CCN(CC(=O)N4CCOCC4)CC3)nc2s1. The molecule has 0 N–H and O–H groups in total. The Labute approximate surface area is 167 Å². The van der Waals surface area contributed by atoms with Gasteiger partial charge >= 0.3 is 0 Å². The molecule has 10 heteroatoms. The first kappa shape index (κ1) is 19.4. The molecule has 0 aromatic carbocycles. The fraction of sp³-hybridized carbons (Fsp3) is 0.667. The molecule has 0 bridgehead atoms. The lowest BCUT2D eigenvalue weighted by atomic mass is 10.2. The lowest BCUT2D eigenvalue weighted by Gasteiger charge is -2.35. The van der Waals surface area contributed by atoms with Crippen LogP contribution >= 0.6 is 11.3 Å². The van der Waals surface area contributed by atoms with Crippen LogP contribution in [0.1, 0.15) is 17.6 Å². The van der Waals surface area contributed by atoms with Crippen LogP contribution < -0.4 is 5.56 Å². The van der Waals surface area contributed by atoms with Gasteiger partial charge in [-0.25, -0.2) is 4.98 Å². The Hall–Kier alpha value is -1.88. The molecule has 2 aromatic rings. The molecule has 2 saturated heterocycles. The third-order valence-corrected chi connectivity index (χ3v) is 6.27. The van der Waals surface area contributed by atoms with Crippen molar-refractivity contribution in [3.8, 4) is 0 Å². The fourth-order valence-electron chi connectivity index (χ4n) is 3.56. The van der Waals surface area contributed by atoms with Crippen molar-refractivity contribution in [2.24, 2.45) is 0 Å². The summed E-state index contributed by atoms with van der Waals surface area (Å²) in [6.45, 7) is 9.21. The maximum atomic E-state index is 12.4. The molecule has 4 heterocycles. The molecule has 2 fully saturated rings. The van der Waals surface area contributed by atoms with E-state index in [0.29, 0.717) is 44.4 Å². The highest BCUT2D eigenvalue weighted by Crippen LogP contribution is 2.13. The molecule has 2 aliphatic heterocycles. The molecule has 0 radical (unpaired) electrons. The quantitative estimate of drug-likeness (QED) is 0.674. The number of fused-ring (bicyclic) bond motifs is 1. The van der Waals surface area contributed by atoms with Crippen molar-refractivity contribution in [3.63, 3.8) is 0 Å². The van der Waals surface area contributed by atoms with Crippen molar-refractivity contribution in [1.82, 2.24) is 29.3 Å². The van der Waals surface area contributed by atoms with Gasteiger partial charge in [0, 0.05) is 51.9 Å². The molecule has 0 atom stereocenters. The van der Waals surface area contributed by atoms with Crippen LogP contribution in [0.15, 0.2) is 10.9 Å². The third-order valence-electron chi connectivity index (χ3n) is 5.22. The number of rotatable bonds is 5. The normalized spacial score (nSPS) is 19.4. The van der Waals surface area contributed by atoms with Crippen LogP contribution in [-0.4, -0.2) is 94.2 Å². The van der Waals surface area contributed by atoms with E-state index in [1.54, 1.807) is 6.07 Å². The van der Waals surface area contributed by atoms with Crippen LogP contribution in [0.5, 0.6) is 0 Å². The van der Waals surface area contributed by atoms with E-state index >= 15 is 0 Å². The molecule has 0 aliphatic carbocycles. The van der Waals surface area contributed by atoms with Gasteiger partial charge in [0.2, 0.25) is 10.9 Å². The zero-order chi connectivity index (χ0) is 19.5. The number of amides is 1. The van der Waals surface area contributed by atoms with E-state index < -0.39 is 0 Å². The summed E-state index contributed by atoms with van der Waals surface area (Å²) in [4.78, 5) is 36.3. The number of hydrogen-bond donors (Lipinski definition) is 0. The van der Waals surface area contributed by atoms with Crippen LogP contribution in [0.2, 0.25) is 0 Å². The minimum Gasteiger partial charge on any atom is -0.378 e. The molecule has 4 rings (SSSR count). The number of morpholine rings is 1. The first-order chi connectivity index (χ1) is 13.6. The van der Waals surface area contributed by atoms with E-state index in [9.17, 15) is 9.59 Å². The summed E-state index contributed by atoms with van der Waals surface area (Å²) >= 11 is 1.47. The highest BCUT2D eigenvalue weighted by Gasteiger charge is 2.23. The summed E-state index contributed by atoms with van der Waals surface area (Å²) < 4.78 is 6.70. The van der Waals surface area contributed by atoms with Crippen LogP contribution in [-0.2, 0) is 22.5 Å². The van der Waals surface area contributed by atoms with Gasteiger partial charge in [-0.3, -0.25) is 19.4 Å². The van der Waals surface area contributed by atoms with E-state index in [-0.39, 0.29) is 11.5 Å². The minimum atomic E-state index is -0.120. The molecule has 0 spiro atoms. The summed E-state index contributed by atoms with van der Waals surface area (Å²) in [5.74, 6) is 0.189. The second kappa shape index (κ2) is 8.64. The van der Waals surface area contributed by atoms with E-state index in [2.05, 4.69) is 19.9 Å². The average Bonchev–Trinajstić information content (AvgIpc) is 3.14. The van der Waals surface area contributed by atoms with Crippen LogP contribution in [0.25, 0.3) is 4.96 Å². The summed E-state index contributed by atoms with van der Waals surface area (Å²) in [5, 5.41) is 5.21. The predicted octanol–water partition coefficient (Wildman–Crippen LogP) is -0.310. The van der Waals surface area contributed by atoms with Crippen LogP contribution in [0.3, 0.4) is 0 Å². The van der Waals surface area contributed by atoms with Crippen molar-refractivity contribution in [3.05, 3.63) is 27.1 Å². The Bertz CT molecular complexity index is 883. The van der Waals surface area contributed by atoms with E-state index in [1.165, 1.54) is 15.9 Å². The third kappa shape index (κ3) is 4.40. The summed E-state index contributed by atoms with van der Waals surface area (Å²) in [5.41, 5.74) is 0.667. The number of nitrogens with zero attached hydrogens (tertiary/aromatic N) is 6. The van der Waals surface area contributed by atoms with Gasteiger partial charge < -0.3 is 9.64 Å². The number of hydrogen-bond acceptors (Lipinski definition) is 8. The van der Waals surface area contributed by atoms with Gasteiger partial charge in [-0.1, -0.05) is 18.3 Å². The van der Waals surface area contributed by atoms with Gasteiger partial charge in [-0.05, 0) is 6.42 Å². The van der Waals surface area contributed by atoms with Gasteiger partial charge in [0.15, 0.2) is 0 Å². The number of carbonyl (C=O) groups excluding carboxylic acids is 1. The average molecular weight is 407 g/mol. The second-order valence-electron chi connectivity index (χ2n) is 7.17. The van der Waals surface area contributed by atoms with Crippen molar-refractivity contribution >= 4 is 22.2 Å². The first-order valence-electron chi connectivity index (χ1n) is 9.81. The molecule has 0 unspecified atom stereocenters. The predicted molar refractivity (Wildman–Crippen MR) is 106 cm³/mol. The number of aromatic nitrogens is 3. The van der Waals surface area contributed by atoms with Crippen molar-refractivity contribution in [2.75, 3.05) is 59.0 Å². The van der Waals surface area contributed by atoms with Gasteiger partial charge in [0.25, 0.3) is 5.56 Å². The topological polar surface area (TPSA) is 83.3 Å². The number of aryl methyl sites for hydroxylation is 1. The molecular weight excluding hydrogens is 380 g/mol. The summed E-state index contributed by atoms with van der Waals surface area (Å²) in [7, 11) is 0.